The van der Waals surface area contributed by atoms with Gasteiger partial charge in [-0.25, -0.2) is 4.39 Å². The molecule has 0 N–H and O–H groups in total. The average Bonchev–Trinajstić information content (AvgIpc) is 2.67. The summed E-state index contributed by atoms with van der Waals surface area (Å²) in [7, 11) is 4.67. The van der Waals surface area contributed by atoms with Gasteiger partial charge >= 0.3 is 0 Å². The molecule has 0 unspecified atom stereocenters. The van der Waals surface area contributed by atoms with Crippen LogP contribution < -0.4 is 14.2 Å². The van der Waals surface area contributed by atoms with Crippen LogP contribution in [0.25, 0.3) is 22.4 Å². The fourth-order valence-corrected chi connectivity index (χ4v) is 2.83. The predicted molar refractivity (Wildman–Crippen MR) is 97.3 cm³/mol. The molecule has 0 bridgehead atoms. The lowest BCUT2D eigenvalue weighted by Crippen LogP contribution is -2.00. The fourth-order valence-electron chi connectivity index (χ4n) is 2.83. The molecular weight excluding hydrogens is 335 g/mol. The molecule has 0 saturated heterocycles. The van der Waals surface area contributed by atoms with Crippen LogP contribution in [-0.4, -0.2) is 31.5 Å². The maximum absolute atomic E-state index is 13.3. The zero-order valence-electron chi connectivity index (χ0n) is 15.0. The first-order valence-electron chi connectivity index (χ1n) is 7.98. The molecule has 0 fully saturated rings. The van der Waals surface area contributed by atoms with Crippen LogP contribution in [0.2, 0.25) is 0 Å². The topological polar surface area (TPSA) is 53.5 Å². The Labute approximate surface area is 151 Å². The first-order valence-corrected chi connectivity index (χ1v) is 7.98. The van der Waals surface area contributed by atoms with Crippen LogP contribution in [0.5, 0.6) is 17.2 Å². The van der Waals surface area contributed by atoms with Gasteiger partial charge in [-0.2, -0.15) is 5.10 Å². The number of hydrogen-bond acceptors (Lipinski definition) is 5. The Kier molecular flexibility index (Phi) is 5.02. The molecule has 3 rings (SSSR count). The Morgan fingerprint density at radius 1 is 0.769 bits per heavy atom. The Morgan fingerprint density at radius 2 is 1.46 bits per heavy atom. The number of aryl methyl sites for hydroxylation is 1. The minimum atomic E-state index is -0.294. The van der Waals surface area contributed by atoms with Gasteiger partial charge in [0.15, 0.2) is 11.5 Å². The molecule has 2 aromatic carbocycles. The van der Waals surface area contributed by atoms with E-state index in [2.05, 4.69) is 10.2 Å². The normalized spacial score (nSPS) is 10.5. The Morgan fingerprint density at radius 3 is 2.08 bits per heavy atom. The molecule has 5 nitrogen and oxygen atoms in total. The van der Waals surface area contributed by atoms with Crippen molar-refractivity contribution in [2.45, 2.75) is 6.92 Å². The van der Waals surface area contributed by atoms with E-state index < -0.39 is 0 Å². The van der Waals surface area contributed by atoms with Crippen LogP contribution in [0.1, 0.15) is 5.69 Å². The van der Waals surface area contributed by atoms with Crippen molar-refractivity contribution in [2.24, 2.45) is 0 Å². The summed E-state index contributed by atoms with van der Waals surface area (Å²) in [4.78, 5) is 0. The summed E-state index contributed by atoms with van der Waals surface area (Å²) in [6.45, 7) is 1.86. The third-order valence-electron chi connectivity index (χ3n) is 4.03. The molecule has 0 spiro atoms. The minimum absolute atomic E-state index is 0.294. The monoisotopic (exact) mass is 354 g/mol. The van der Waals surface area contributed by atoms with E-state index in [0.29, 0.717) is 28.5 Å². The van der Waals surface area contributed by atoms with Crippen molar-refractivity contribution in [3.63, 3.8) is 0 Å². The molecule has 3 aromatic rings. The number of hydrogen-bond donors (Lipinski definition) is 0. The van der Waals surface area contributed by atoms with Crippen molar-refractivity contribution in [1.29, 1.82) is 0 Å². The molecule has 0 aliphatic heterocycles. The van der Waals surface area contributed by atoms with Gasteiger partial charge in [-0.15, -0.1) is 5.10 Å². The predicted octanol–water partition coefficient (Wildman–Crippen LogP) is 4.28. The Bertz CT molecular complexity index is 927. The fraction of sp³-hybridized carbons (Fsp3) is 0.200. The van der Waals surface area contributed by atoms with E-state index in [-0.39, 0.29) is 5.82 Å². The van der Waals surface area contributed by atoms with Crippen LogP contribution in [0.4, 0.5) is 4.39 Å². The summed E-state index contributed by atoms with van der Waals surface area (Å²) in [5, 5.41) is 8.55. The van der Waals surface area contributed by atoms with Crippen molar-refractivity contribution >= 4 is 0 Å². The second-order valence-corrected chi connectivity index (χ2v) is 5.64. The first-order chi connectivity index (χ1) is 12.6. The summed E-state index contributed by atoms with van der Waals surface area (Å²) in [5.41, 5.74) is 3.73. The van der Waals surface area contributed by atoms with Gasteiger partial charge in [0, 0.05) is 11.1 Å². The van der Waals surface area contributed by atoms with E-state index in [1.54, 1.807) is 39.5 Å². The van der Waals surface area contributed by atoms with Crippen LogP contribution in [-0.2, 0) is 0 Å². The van der Waals surface area contributed by atoms with Crippen molar-refractivity contribution in [3.8, 4) is 39.6 Å². The lowest BCUT2D eigenvalue weighted by Gasteiger charge is -2.17. The number of methoxy groups -OCH3 is 3. The molecule has 0 radical (unpaired) electrons. The zero-order valence-corrected chi connectivity index (χ0v) is 15.0. The number of benzene rings is 2. The molecule has 0 aliphatic rings. The van der Waals surface area contributed by atoms with Gasteiger partial charge in [-0.1, -0.05) is 12.1 Å². The standard InChI is InChI=1S/C20H19FN2O3/c1-12-11-16(13-5-7-14(21)8-6-13)18(23-22-12)15-9-10-17(24-2)20(26-4)19(15)25-3/h5-11H,1-4H3. The van der Waals surface area contributed by atoms with Crippen molar-refractivity contribution in [1.82, 2.24) is 10.2 Å². The minimum Gasteiger partial charge on any atom is -0.493 e. The highest BCUT2D eigenvalue weighted by molar-refractivity contribution is 5.85. The lowest BCUT2D eigenvalue weighted by atomic mass is 9.98. The Hall–Kier alpha value is -3.15. The van der Waals surface area contributed by atoms with Gasteiger partial charge < -0.3 is 14.2 Å². The molecule has 0 saturated carbocycles. The van der Waals surface area contributed by atoms with E-state index in [0.717, 1.165) is 16.8 Å². The van der Waals surface area contributed by atoms with Gasteiger partial charge in [-0.3, -0.25) is 0 Å². The van der Waals surface area contributed by atoms with Gasteiger partial charge in [0.1, 0.15) is 11.5 Å². The summed E-state index contributed by atoms with van der Waals surface area (Å²) >= 11 is 0. The van der Waals surface area contributed by atoms with E-state index in [1.807, 2.05) is 19.1 Å². The molecular formula is C20H19FN2O3. The summed E-state index contributed by atoms with van der Waals surface area (Å²) in [6, 6.07) is 11.8. The van der Waals surface area contributed by atoms with Gasteiger partial charge in [-0.05, 0) is 42.8 Å². The maximum Gasteiger partial charge on any atom is 0.203 e. The number of ether oxygens (including phenoxy) is 3. The van der Waals surface area contributed by atoms with E-state index in [9.17, 15) is 4.39 Å². The van der Waals surface area contributed by atoms with E-state index in [4.69, 9.17) is 14.2 Å². The van der Waals surface area contributed by atoms with Gasteiger partial charge in [0.25, 0.3) is 0 Å². The summed E-state index contributed by atoms with van der Waals surface area (Å²) in [6.07, 6.45) is 0. The second-order valence-electron chi connectivity index (χ2n) is 5.64. The van der Waals surface area contributed by atoms with Crippen molar-refractivity contribution in [3.05, 3.63) is 54.0 Å². The third kappa shape index (κ3) is 3.18. The summed E-state index contributed by atoms with van der Waals surface area (Å²) < 4.78 is 29.7. The highest BCUT2D eigenvalue weighted by Gasteiger charge is 2.21. The van der Waals surface area contributed by atoms with Crippen molar-refractivity contribution < 1.29 is 18.6 Å². The number of nitrogens with zero attached hydrogens (tertiary/aromatic N) is 2. The highest BCUT2D eigenvalue weighted by Crippen LogP contribution is 2.45. The van der Waals surface area contributed by atoms with E-state index in [1.165, 1.54) is 12.1 Å². The first kappa shape index (κ1) is 17.7. The largest absolute Gasteiger partial charge is 0.493 e. The van der Waals surface area contributed by atoms with Gasteiger partial charge in [0.05, 0.1) is 27.0 Å². The Balaban J connectivity index is 2.26. The highest BCUT2D eigenvalue weighted by atomic mass is 19.1. The van der Waals surface area contributed by atoms with Crippen molar-refractivity contribution in [2.75, 3.05) is 21.3 Å². The number of rotatable bonds is 5. The molecule has 1 heterocycles. The molecule has 26 heavy (non-hydrogen) atoms. The third-order valence-corrected chi connectivity index (χ3v) is 4.03. The van der Waals surface area contributed by atoms with Crippen LogP contribution >= 0.6 is 0 Å². The van der Waals surface area contributed by atoms with Crippen LogP contribution in [0.3, 0.4) is 0 Å². The molecule has 1 aromatic heterocycles. The number of halogens is 1. The SMILES string of the molecule is COc1ccc(-c2nnc(C)cc2-c2ccc(F)cc2)c(OC)c1OC. The molecule has 0 aliphatic carbocycles. The van der Waals surface area contributed by atoms with E-state index >= 15 is 0 Å². The number of aromatic nitrogens is 2. The van der Waals surface area contributed by atoms with Crippen LogP contribution in [0.15, 0.2) is 42.5 Å². The zero-order chi connectivity index (χ0) is 18.7. The lowest BCUT2D eigenvalue weighted by molar-refractivity contribution is 0.325. The van der Waals surface area contributed by atoms with Gasteiger partial charge in [0.2, 0.25) is 5.75 Å². The second kappa shape index (κ2) is 7.39. The average molecular weight is 354 g/mol. The molecule has 6 heteroatoms. The maximum atomic E-state index is 13.3. The molecule has 134 valence electrons. The smallest absolute Gasteiger partial charge is 0.203 e. The molecule has 0 atom stereocenters. The quantitative estimate of drug-likeness (QED) is 0.684. The summed E-state index contributed by atoms with van der Waals surface area (Å²) in [5.74, 6) is 1.22. The van der Waals surface area contributed by atoms with Crippen LogP contribution in [0, 0.1) is 12.7 Å². The molecule has 0 amide bonds.